The maximum Gasteiger partial charge on any atom is 0.491 e. The van der Waals surface area contributed by atoms with E-state index in [1.54, 1.807) is 24.3 Å². The van der Waals surface area contributed by atoms with Crippen LogP contribution < -0.4 is 5.46 Å². The van der Waals surface area contributed by atoms with Crippen molar-refractivity contribution >= 4 is 24.2 Å². The van der Waals surface area contributed by atoms with Gasteiger partial charge in [0.05, 0.1) is 11.6 Å². The fourth-order valence-electron chi connectivity index (χ4n) is 1.98. The van der Waals surface area contributed by atoms with Crippen LogP contribution in [0.4, 0.5) is 0 Å². The smallest absolute Gasteiger partial charge is 0.446 e. The van der Waals surface area contributed by atoms with Crippen LogP contribution in [0.15, 0.2) is 28.7 Å². The number of nitriles is 1. The van der Waals surface area contributed by atoms with Crippen LogP contribution in [0.2, 0.25) is 5.02 Å². The van der Waals surface area contributed by atoms with Crippen LogP contribution in [0, 0.1) is 11.3 Å². The number of hydrogen-bond acceptors (Lipinski definition) is 4. The molecule has 2 aromatic rings. The molecule has 1 aliphatic heterocycles. The van der Waals surface area contributed by atoms with Gasteiger partial charge in [-0.3, -0.25) is 0 Å². The van der Waals surface area contributed by atoms with Crippen molar-refractivity contribution in [3.63, 3.8) is 0 Å². The molecule has 4 nitrogen and oxygen atoms in total. The average molecular weight is 275 g/mol. The van der Waals surface area contributed by atoms with Crippen LogP contribution in [-0.4, -0.2) is 12.1 Å². The minimum absolute atomic E-state index is 0. The fourth-order valence-corrected chi connectivity index (χ4v) is 2.26. The minimum atomic E-state index is -0.929. The van der Waals surface area contributed by atoms with Gasteiger partial charge < -0.3 is 14.1 Å². The molecule has 0 spiro atoms. The molecule has 6 heteroatoms. The van der Waals surface area contributed by atoms with Crippen molar-refractivity contribution in [2.45, 2.75) is 14.0 Å². The van der Waals surface area contributed by atoms with Crippen molar-refractivity contribution in [2.24, 2.45) is 0 Å². The maximum absolute atomic E-state index is 9.65. The predicted molar refractivity (Wildman–Crippen MR) is 73.0 cm³/mol. The first-order valence-corrected chi connectivity index (χ1v) is 5.69. The SMILES string of the molecule is C.N#Cc1ccc(-c2cc3c(cc2Cl)COB3O)o1. The van der Waals surface area contributed by atoms with Crippen LogP contribution in [0.25, 0.3) is 11.3 Å². The number of rotatable bonds is 1. The molecule has 0 unspecified atom stereocenters. The number of halogens is 1. The quantitative estimate of drug-likeness (QED) is 0.811. The Morgan fingerprint density at radius 3 is 2.84 bits per heavy atom. The predicted octanol–water partition coefficient (Wildman–Crippen LogP) is 2.33. The fraction of sp³-hybridized carbons (Fsp3) is 0.154. The van der Waals surface area contributed by atoms with E-state index in [2.05, 4.69) is 0 Å². The standard InChI is InChI=1S/C12H7BClNO3.CH4/c14-11-3-7-6-17-13(16)10(7)4-9(11)12-2-1-8(5-15)18-12;/h1-4,16H,6H2;1H4. The first-order chi connectivity index (χ1) is 8.69. The summed E-state index contributed by atoms with van der Waals surface area (Å²) < 4.78 is 10.4. The Bertz CT molecular complexity index is 662. The van der Waals surface area contributed by atoms with Crippen molar-refractivity contribution in [1.82, 2.24) is 0 Å². The van der Waals surface area contributed by atoms with E-state index in [0.29, 0.717) is 28.4 Å². The molecule has 0 fully saturated rings. The summed E-state index contributed by atoms with van der Waals surface area (Å²) in [6.07, 6.45) is 0. The molecule has 19 heavy (non-hydrogen) atoms. The first kappa shape index (κ1) is 13.7. The van der Waals surface area contributed by atoms with Crippen LogP contribution in [0.5, 0.6) is 0 Å². The lowest BCUT2D eigenvalue weighted by Crippen LogP contribution is -2.28. The van der Waals surface area contributed by atoms with Gasteiger partial charge in [-0.1, -0.05) is 19.0 Å². The molecule has 96 valence electrons. The van der Waals surface area contributed by atoms with Gasteiger partial charge in [-0.2, -0.15) is 5.26 Å². The third-order valence-electron chi connectivity index (χ3n) is 2.87. The second-order valence-corrected chi connectivity index (χ2v) is 4.38. The summed E-state index contributed by atoms with van der Waals surface area (Å²) in [5.74, 6) is 0.719. The molecule has 3 rings (SSSR count). The minimum Gasteiger partial charge on any atom is -0.446 e. The largest absolute Gasteiger partial charge is 0.491 e. The summed E-state index contributed by atoms with van der Waals surface area (Å²) in [5, 5.41) is 18.9. The van der Waals surface area contributed by atoms with Gasteiger partial charge in [0.25, 0.3) is 0 Å². The summed E-state index contributed by atoms with van der Waals surface area (Å²) in [6, 6.07) is 8.64. The van der Waals surface area contributed by atoms with Gasteiger partial charge in [0.15, 0.2) is 0 Å². The number of nitrogens with zero attached hydrogens (tertiary/aromatic N) is 1. The van der Waals surface area contributed by atoms with E-state index in [0.717, 1.165) is 5.56 Å². The van der Waals surface area contributed by atoms with Gasteiger partial charge >= 0.3 is 7.12 Å². The van der Waals surface area contributed by atoms with Crippen LogP contribution in [0.1, 0.15) is 18.8 Å². The molecular formula is C13H11BClNO3. The van der Waals surface area contributed by atoms with Crippen molar-refractivity contribution in [2.75, 3.05) is 0 Å². The average Bonchev–Trinajstić information content (AvgIpc) is 2.96. The highest BCUT2D eigenvalue weighted by molar-refractivity contribution is 6.61. The molecule has 0 atom stereocenters. The number of hydrogen-bond donors (Lipinski definition) is 1. The van der Waals surface area contributed by atoms with Gasteiger partial charge in [0.2, 0.25) is 5.76 Å². The summed E-state index contributed by atoms with van der Waals surface area (Å²) in [6.45, 7) is 0.345. The Balaban J connectivity index is 0.00000133. The first-order valence-electron chi connectivity index (χ1n) is 5.31. The molecule has 0 saturated heterocycles. The van der Waals surface area contributed by atoms with Gasteiger partial charge in [-0.25, -0.2) is 0 Å². The topological polar surface area (TPSA) is 66.4 Å². The molecule has 2 heterocycles. The highest BCUT2D eigenvalue weighted by Gasteiger charge is 2.29. The third-order valence-corrected chi connectivity index (χ3v) is 3.19. The van der Waals surface area contributed by atoms with Gasteiger partial charge in [0, 0.05) is 5.56 Å². The lowest BCUT2D eigenvalue weighted by Gasteiger charge is -2.05. The van der Waals surface area contributed by atoms with Crippen LogP contribution >= 0.6 is 11.6 Å². The van der Waals surface area contributed by atoms with Crippen molar-refractivity contribution in [1.29, 1.82) is 5.26 Å². The van der Waals surface area contributed by atoms with E-state index < -0.39 is 7.12 Å². The molecule has 0 amide bonds. The second-order valence-electron chi connectivity index (χ2n) is 3.97. The zero-order chi connectivity index (χ0) is 12.7. The van der Waals surface area contributed by atoms with Gasteiger partial charge in [-0.15, -0.1) is 0 Å². The molecule has 0 bridgehead atoms. The highest BCUT2D eigenvalue weighted by atomic mass is 35.5. The second kappa shape index (κ2) is 5.10. The van der Waals surface area contributed by atoms with Crippen molar-refractivity contribution < 1.29 is 14.1 Å². The third kappa shape index (κ3) is 2.26. The highest BCUT2D eigenvalue weighted by Crippen LogP contribution is 2.30. The lowest BCUT2D eigenvalue weighted by molar-refractivity contribution is 0.275. The van der Waals surface area contributed by atoms with Crippen molar-refractivity contribution in [3.8, 4) is 17.4 Å². The molecule has 0 saturated carbocycles. The number of furan rings is 1. The van der Waals surface area contributed by atoms with Gasteiger partial charge in [-0.05, 0) is 35.3 Å². The van der Waals surface area contributed by atoms with E-state index in [9.17, 15) is 5.02 Å². The molecule has 1 aliphatic rings. The normalized spacial score (nSPS) is 12.8. The summed E-state index contributed by atoms with van der Waals surface area (Å²) >= 11 is 6.16. The maximum atomic E-state index is 9.65. The molecule has 1 N–H and O–H groups in total. The Kier molecular flexibility index (Phi) is 3.67. The van der Waals surface area contributed by atoms with Gasteiger partial charge in [0.1, 0.15) is 11.8 Å². The zero-order valence-corrected chi connectivity index (χ0v) is 9.94. The van der Waals surface area contributed by atoms with E-state index >= 15 is 0 Å². The Hall–Kier alpha value is -1.74. The van der Waals surface area contributed by atoms with E-state index in [4.69, 9.17) is 25.9 Å². The Labute approximate surface area is 116 Å². The molecular weight excluding hydrogens is 264 g/mol. The molecule has 1 aromatic heterocycles. The van der Waals surface area contributed by atoms with E-state index in [1.807, 2.05) is 6.07 Å². The summed E-state index contributed by atoms with van der Waals surface area (Å²) in [4.78, 5) is 0. The van der Waals surface area contributed by atoms with Crippen LogP contribution in [0.3, 0.4) is 0 Å². The van der Waals surface area contributed by atoms with E-state index in [-0.39, 0.29) is 13.2 Å². The molecule has 1 aromatic carbocycles. The summed E-state index contributed by atoms with van der Waals surface area (Å²) in [5.41, 5.74) is 2.19. The monoisotopic (exact) mass is 275 g/mol. The number of fused-ring (bicyclic) bond motifs is 1. The zero-order valence-electron chi connectivity index (χ0n) is 9.18. The Morgan fingerprint density at radius 1 is 1.37 bits per heavy atom. The van der Waals surface area contributed by atoms with E-state index in [1.165, 1.54) is 0 Å². The van der Waals surface area contributed by atoms with Crippen molar-refractivity contribution in [3.05, 3.63) is 40.6 Å². The van der Waals surface area contributed by atoms with Crippen LogP contribution in [-0.2, 0) is 11.3 Å². The molecule has 0 aliphatic carbocycles. The molecule has 0 radical (unpaired) electrons. The lowest BCUT2D eigenvalue weighted by atomic mass is 9.78. The summed E-state index contributed by atoms with van der Waals surface area (Å²) in [7, 11) is -0.929. The Morgan fingerprint density at radius 2 is 2.16 bits per heavy atom. The number of benzene rings is 1.